The number of rotatable bonds is 5. The molecule has 1 aromatic heterocycles. The van der Waals surface area contributed by atoms with E-state index < -0.39 is 0 Å². The van der Waals surface area contributed by atoms with Gasteiger partial charge >= 0.3 is 0 Å². The average molecular weight is 361 g/mol. The number of nitrogens with one attached hydrogen (secondary N) is 2. The molecule has 25 heavy (non-hydrogen) atoms. The number of benzene rings is 1. The molecule has 0 saturated carbocycles. The largest absolute Gasteiger partial charge is 0.348 e. The molecule has 1 aliphatic rings. The van der Waals surface area contributed by atoms with Crippen LogP contribution in [0.5, 0.6) is 0 Å². The summed E-state index contributed by atoms with van der Waals surface area (Å²) < 4.78 is 1.96. The number of carbonyl (C=O) groups excluding carboxylic acids is 1. The fraction of sp³-hybridized carbons (Fsp3) is 0.368. The van der Waals surface area contributed by atoms with Crippen LogP contribution in [0.15, 0.2) is 42.0 Å². The lowest BCUT2D eigenvalue weighted by molar-refractivity contribution is 0.0956. The van der Waals surface area contributed by atoms with Gasteiger partial charge in [0.1, 0.15) is 0 Å². The molecule has 6 heteroatoms. The molecule has 1 aliphatic heterocycles. The van der Waals surface area contributed by atoms with Gasteiger partial charge in [-0.05, 0) is 50.6 Å². The maximum absolute atomic E-state index is 12.4. The fourth-order valence-electron chi connectivity index (χ4n) is 2.94. The van der Waals surface area contributed by atoms with E-state index in [1.54, 1.807) is 0 Å². The summed E-state index contributed by atoms with van der Waals surface area (Å²) in [7, 11) is 0. The number of halogens is 1. The number of nitrogens with zero attached hydrogens (tertiary/aromatic N) is 2. The standard InChI is InChI=1S/C19H24N4O.ClH/c1-14-10-15(2)23(22-14)13-17-4-3-5-18(11-17)19(24)21-12-16-6-8-20-9-7-16;/h3-6,10-11,20H,7-9,12-13H2,1-2H3,(H,21,24);1H. The monoisotopic (exact) mass is 360 g/mol. The summed E-state index contributed by atoms with van der Waals surface area (Å²) in [5, 5.41) is 10.8. The average Bonchev–Trinajstić information content (AvgIpc) is 2.91. The minimum atomic E-state index is -0.0235. The van der Waals surface area contributed by atoms with Crippen LogP contribution in [0, 0.1) is 13.8 Å². The van der Waals surface area contributed by atoms with Crippen LogP contribution < -0.4 is 10.6 Å². The molecule has 0 bridgehead atoms. The molecule has 0 fully saturated rings. The third-order valence-corrected chi connectivity index (χ3v) is 4.26. The Morgan fingerprint density at radius 1 is 1.32 bits per heavy atom. The van der Waals surface area contributed by atoms with E-state index in [0.717, 1.165) is 36.5 Å². The van der Waals surface area contributed by atoms with Gasteiger partial charge in [-0.25, -0.2) is 0 Å². The maximum Gasteiger partial charge on any atom is 0.251 e. The van der Waals surface area contributed by atoms with Crippen LogP contribution in [0.25, 0.3) is 0 Å². The first-order valence-electron chi connectivity index (χ1n) is 8.38. The number of aryl methyl sites for hydroxylation is 2. The van der Waals surface area contributed by atoms with Crippen LogP contribution >= 0.6 is 12.4 Å². The third-order valence-electron chi connectivity index (χ3n) is 4.26. The molecule has 134 valence electrons. The molecule has 1 aromatic carbocycles. The van der Waals surface area contributed by atoms with Crippen molar-refractivity contribution in [1.29, 1.82) is 0 Å². The van der Waals surface area contributed by atoms with E-state index in [0.29, 0.717) is 18.7 Å². The molecule has 5 nitrogen and oxygen atoms in total. The third kappa shape index (κ3) is 5.18. The number of carbonyl (C=O) groups is 1. The molecule has 2 heterocycles. The highest BCUT2D eigenvalue weighted by Crippen LogP contribution is 2.10. The van der Waals surface area contributed by atoms with Gasteiger partial charge in [0, 0.05) is 24.3 Å². The van der Waals surface area contributed by atoms with Gasteiger partial charge in [-0.1, -0.05) is 23.8 Å². The molecule has 1 amide bonds. The number of amides is 1. The first kappa shape index (κ1) is 19.2. The van der Waals surface area contributed by atoms with E-state index in [4.69, 9.17) is 0 Å². The molecule has 0 unspecified atom stereocenters. The van der Waals surface area contributed by atoms with Gasteiger partial charge in [0.2, 0.25) is 0 Å². The first-order chi connectivity index (χ1) is 11.6. The molecular weight excluding hydrogens is 336 g/mol. The minimum Gasteiger partial charge on any atom is -0.348 e. The van der Waals surface area contributed by atoms with Gasteiger partial charge in [-0.2, -0.15) is 5.10 Å². The predicted molar refractivity (Wildman–Crippen MR) is 102 cm³/mol. The van der Waals surface area contributed by atoms with Crippen molar-refractivity contribution in [3.8, 4) is 0 Å². The highest BCUT2D eigenvalue weighted by molar-refractivity contribution is 5.94. The number of hydrogen-bond acceptors (Lipinski definition) is 3. The van der Waals surface area contributed by atoms with E-state index in [1.807, 2.05) is 42.8 Å². The van der Waals surface area contributed by atoms with Gasteiger partial charge in [-0.3, -0.25) is 9.48 Å². The van der Waals surface area contributed by atoms with Crippen LogP contribution in [0.4, 0.5) is 0 Å². The fourth-order valence-corrected chi connectivity index (χ4v) is 2.94. The SMILES string of the molecule is Cc1cc(C)n(Cc2cccc(C(=O)NCC3=CCNCC3)c2)n1.Cl. The summed E-state index contributed by atoms with van der Waals surface area (Å²) in [6, 6.07) is 9.82. The van der Waals surface area contributed by atoms with Crippen molar-refractivity contribution in [3.05, 3.63) is 64.5 Å². The van der Waals surface area contributed by atoms with Crippen LogP contribution in [0.3, 0.4) is 0 Å². The molecule has 0 aliphatic carbocycles. The second kappa shape index (κ2) is 8.83. The van der Waals surface area contributed by atoms with Crippen LogP contribution in [-0.2, 0) is 6.54 Å². The van der Waals surface area contributed by atoms with Gasteiger partial charge in [0.05, 0.1) is 12.2 Å². The summed E-state index contributed by atoms with van der Waals surface area (Å²) in [5.74, 6) is -0.0235. The van der Waals surface area contributed by atoms with Crippen molar-refractivity contribution in [2.45, 2.75) is 26.8 Å². The zero-order chi connectivity index (χ0) is 16.9. The smallest absolute Gasteiger partial charge is 0.251 e. The zero-order valence-electron chi connectivity index (χ0n) is 14.7. The van der Waals surface area contributed by atoms with Gasteiger partial charge in [0.25, 0.3) is 5.91 Å². The quantitative estimate of drug-likeness (QED) is 0.806. The van der Waals surface area contributed by atoms with Gasteiger partial charge in [-0.15, -0.1) is 12.4 Å². The van der Waals surface area contributed by atoms with E-state index in [2.05, 4.69) is 27.9 Å². The summed E-state index contributed by atoms with van der Waals surface area (Å²) in [5.41, 5.74) is 5.20. The lowest BCUT2D eigenvalue weighted by Gasteiger charge is -2.14. The summed E-state index contributed by atoms with van der Waals surface area (Å²) in [6.45, 7) is 7.22. The lowest BCUT2D eigenvalue weighted by Crippen LogP contribution is -2.29. The highest BCUT2D eigenvalue weighted by Gasteiger charge is 2.09. The normalized spacial score (nSPS) is 13.8. The Morgan fingerprint density at radius 2 is 2.16 bits per heavy atom. The van der Waals surface area contributed by atoms with Crippen LogP contribution in [-0.4, -0.2) is 35.3 Å². The molecular formula is C19H25ClN4O. The van der Waals surface area contributed by atoms with E-state index >= 15 is 0 Å². The molecule has 3 rings (SSSR count). The van der Waals surface area contributed by atoms with Crippen molar-refractivity contribution >= 4 is 18.3 Å². The van der Waals surface area contributed by atoms with Gasteiger partial charge in [0.15, 0.2) is 0 Å². The van der Waals surface area contributed by atoms with Crippen molar-refractivity contribution < 1.29 is 4.79 Å². The van der Waals surface area contributed by atoms with E-state index in [-0.39, 0.29) is 18.3 Å². The molecule has 0 spiro atoms. The summed E-state index contributed by atoms with van der Waals surface area (Å²) in [6.07, 6.45) is 3.15. The Bertz CT molecular complexity index is 767. The zero-order valence-corrected chi connectivity index (χ0v) is 15.5. The van der Waals surface area contributed by atoms with Crippen molar-refractivity contribution in [2.75, 3.05) is 19.6 Å². The molecule has 0 atom stereocenters. The number of hydrogen-bond donors (Lipinski definition) is 2. The molecule has 0 saturated heterocycles. The van der Waals surface area contributed by atoms with Crippen LogP contribution in [0.2, 0.25) is 0 Å². The Kier molecular flexibility index (Phi) is 6.79. The Labute approximate surface area is 154 Å². The Balaban J connectivity index is 0.00000225. The topological polar surface area (TPSA) is 59.0 Å². The number of aromatic nitrogens is 2. The maximum atomic E-state index is 12.4. The Morgan fingerprint density at radius 3 is 2.84 bits per heavy atom. The molecule has 2 aromatic rings. The Hall–Kier alpha value is -2.11. The second-order valence-corrected chi connectivity index (χ2v) is 6.28. The van der Waals surface area contributed by atoms with Crippen molar-refractivity contribution in [1.82, 2.24) is 20.4 Å². The minimum absolute atomic E-state index is 0. The summed E-state index contributed by atoms with van der Waals surface area (Å²) in [4.78, 5) is 12.4. The molecule has 0 radical (unpaired) electrons. The van der Waals surface area contributed by atoms with E-state index in [9.17, 15) is 4.79 Å². The van der Waals surface area contributed by atoms with Crippen LogP contribution in [0.1, 0.15) is 33.7 Å². The molecule has 2 N–H and O–H groups in total. The first-order valence-corrected chi connectivity index (χ1v) is 8.38. The predicted octanol–water partition coefficient (Wildman–Crippen LogP) is 2.62. The van der Waals surface area contributed by atoms with E-state index in [1.165, 1.54) is 5.57 Å². The summed E-state index contributed by atoms with van der Waals surface area (Å²) >= 11 is 0. The lowest BCUT2D eigenvalue weighted by atomic mass is 10.1. The van der Waals surface area contributed by atoms with Gasteiger partial charge < -0.3 is 10.6 Å². The highest BCUT2D eigenvalue weighted by atomic mass is 35.5. The van der Waals surface area contributed by atoms with Crippen molar-refractivity contribution in [2.24, 2.45) is 0 Å². The van der Waals surface area contributed by atoms with Crippen molar-refractivity contribution in [3.63, 3.8) is 0 Å². The second-order valence-electron chi connectivity index (χ2n) is 6.28.